The number of fused-ring (bicyclic) bond motifs is 1. The molecule has 3 nitrogen and oxygen atoms in total. The maximum absolute atomic E-state index is 13.7. The van der Waals surface area contributed by atoms with Crippen LogP contribution in [-0.2, 0) is 13.0 Å². The van der Waals surface area contributed by atoms with E-state index in [1.54, 1.807) is 6.07 Å². The molecule has 110 valence electrons. The third kappa shape index (κ3) is 2.77. The number of rotatable bonds is 4. The van der Waals surface area contributed by atoms with E-state index in [0.29, 0.717) is 6.54 Å². The molecule has 3 rings (SSSR count). The summed E-state index contributed by atoms with van der Waals surface area (Å²) in [5.41, 5.74) is 9.66. The lowest BCUT2D eigenvalue weighted by molar-refractivity contribution is 0.385. The van der Waals surface area contributed by atoms with Crippen molar-refractivity contribution in [1.29, 1.82) is 0 Å². The minimum absolute atomic E-state index is 0.00991. The van der Waals surface area contributed by atoms with Gasteiger partial charge in [0, 0.05) is 18.6 Å². The van der Waals surface area contributed by atoms with Gasteiger partial charge in [0.05, 0.1) is 7.11 Å². The Balaban J connectivity index is 1.65. The summed E-state index contributed by atoms with van der Waals surface area (Å²) in [4.78, 5) is 0. The van der Waals surface area contributed by atoms with Crippen molar-refractivity contribution < 1.29 is 9.13 Å². The van der Waals surface area contributed by atoms with Crippen molar-refractivity contribution in [1.82, 2.24) is 5.32 Å². The van der Waals surface area contributed by atoms with Crippen LogP contribution in [-0.4, -0.2) is 13.2 Å². The van der Waals surface area contributed by atoms with Gasteiger partial charge in [-0.3, -0.25) is 0 Å². The van der Waals surface area contributed by atoms with Gasteiger partial charge in [0.2, 0.25) is 0 Å². The summed E-state index contributed by atoms with van der Waals surface area (Å²) in [5, 5.41) is 3.43. The SMILES string of the molecule is COc1ccc(CN[C@@H]2Cc3ccccc3[C@H]2N)cc1F. The zero-order valence-electron chi connectivity index (χ0n) is 12.0. The average molecular weight is 286 g/mol. The molecule has 21 heavy (non-hydrogen) atoms. The van der Waals surface area contributed by atoms with E-state index in [9.17, 15) is 4.39 Å². The van der Waals surface area contributed by atoms with Crippen molar-refractivity contribution in [3.05, 3.63) is 65.0 Å². The number of hydrogen-bond donors (Lipinski definition) is 2. The average Bonchev–Trinajstić information content (AvgIpc) is 2.82. The van der Waals surface area contributed by atoms with Crippen LogP contribution in [0.2, 0.25) is 0 Å². The van der Waals surface area contributed by atoms with Gasteiger partial charge in [0.25, 0.3) is 0 Å². The highest BCUT2D eigenvalue weighted by Gasteiger charge is 2.28. The normalized spacial score (nSPS) is 20.3. The third-order valence-corrected chi connectivity index (χ3v) is 4.07. The quantitative estimate of drug-likeness (QED) is 0.908. The standard InChI is InChI=1S/C17H19FN2O/c1-21-16-7-6-11(8-14(16)18)10-20-15-9-12-4-2-3-5-13(12)17(15)19/h2-8,15,17,20H,9-10,19H2,1H3/t15-,17-/m1/s1. The highest BCUT2D eigenvalue weighted by Crippen LogP contribution is 2.29. The monoisotopic (exact) mass is 286 g/mol. The molecule has 2 aromatic rings. The Kier molecular flexibility index (Phi) is 3.90. The fourth-order valence-electron chi connectivity index (χ4n) is 2.89. The molecule has 0 radical (unpaired) electrons. The Hall–Kier alpha value is -1.91. The third-order valence-electron chi connectivity index (χ3n) is 4.07. The molecule has 0 spiro atoms. The van der Waals surface area contributed by atoms with Crippen molar-refractivity contribution in [3.63, 3.8) is 0 Å². The fourth-order valence-corrected chi connectivity index (χ4v) is 2.89. The van der Waals surface area contributed by atoms with Gasteiger partial charge in [-0.15, -0.1) is 0 Å². The Morgan fingerprint density at radius 1 is 1.29 bits per heavy atom. The van der Waals surface area contributed by atoms with Gasteiger partial charge in [-0.1, -0.05) is 30.3 Å². The largest absolute Gasteiger partial charge is 0.494 e. The first-order chi connectivity index (χ1) is 10.2. The fraction of sp³-hybridized carbons (Fsp3) is 0.294. The smallest absolute Gasteiger partial charge is 0.165 e. The molecule has 0 heterocycles. The Morgan fingerprint density at radius 2 is 2.10 bits per heavy atom. The summed E-state index contributed by atoms with van der Waals surface area (Å²) in [6.45, 7) is 0.591. The molecule has 0 fully saturated rings. The van der Waals surface area contributed by atoms with E-state index in [0.717, 1.165) is 12.0 Å². The van der Waals surface area contributed by atoms with Gasteiger partial charge in [-0.05, 0) is 35.2 Å². The van der Waals surface area contributed by atoms with Crippen molar-refractivity contribution in [3.8, 4) is 5.75 Å². The predicted molar refractivity (Wildman–Crippen MR) is 80.7 cm³/mol. The summed E-state index contributed by atoms with van der Waals surface area (Å²) in [6, 6.07) is 13.4. The molecule has 0 aliphatic heterocycles. The molecule has 1 aliphatic rings. The molecule has 2 aromatic carbocycles. The number of nitrogens with one attached hydrogen (secondary N) is 1. The van der Waals surface area contributed by atoms with Crippen LogP contribution in [0.4, 0.5) is 4.39 Å². The molecule has 0 aromatic heterocycles. The number of benzene rings is 2. The maximum atomic E-state index is 13.7. The van der Waals surface area contributed by atoms with E-state index >= 15 is 0 Å². The van der Waals surface area contributed by atoms with Crippen LogP contribution in [0, 0.1) is 5.82 Å². The zero-order chi connectivity index (χ0) is 14.8. The first-order valence-electron chi connectivity index (χ1n) is 7.08. The van der Waals surface area contributed by atoms with Crippen LogP contribution in [0.5, 0.6) is 5.75 Å². The van der Waals surface area contributed by atoms with Crippen LogP contribution in [0.15, 0.2) is 42.5 Å². The van der Waals surface area contributed by atoms with Gasteiger partial charge < -0.3 is 15.8 Å². The molecular weight excluding hydrogens is 267 g/mol. The number of nitrogens with two attached hydrogens (primary N) is 1. The van der Waals surface area contributed by atoms with Gasteiger partial charge in [-0.2, -0.15) is 0 Å². The second-order valence-electron chi connectivity index (χ2n) is 5.39. The summed E-state index contributed by atoms with van der Waals surface area (Å²) in [6.07, 6.45) is 0.913. The summed E-state index contributed by atoms with van der Waals surface area (Å²) in [7, 11) is 1.46. The highest BCUT2D eigenvalue weighted by molar-refractivity contribution is 5.37. The van der Waals surface area contributed by atoms with Crippen molar-refractivity contribution in [2.45, 2.75) is 25.0 Å². The van der Waals surface area contributed by atoms with E-state index in [2.05, 4.69) is 17.4 Å². The molecule has 3 N–H and O–H groups in total. The molecule has 0 bridgehead atoms. The number of ether oxygens (including phenoxy) is 1. The van der Waals surface area contributed by atoms with Gasteiger partial charge >= 0.3 is 0 Å². The van der Waals surface area contributed by atoms with Gasteiger partial charge in [0.1, 0.15) is 0 Å². The van der Waals surface area contributed by atoms with Gasteiger partial charge in [0.15, 0.2) is 11.6 Å². The first kappa shape index (κ1) is 14.0. The van der Waals surface area contributed by atoms with Crippen LogP contribution in [0.3, 0.4) is 0 Å². The van der Waals surface area contributed by atoms with E-state index in [1.165, 1.54) is 24.3 Å². The molecule has 0 saturated carbocycles. The van der Waals surface area contributed by atoms with Crippen molar-refractivity contribution in [2.75, 3.05) is 7.11 Å². The van der Waals surface area contributed by atoms with Gasteiger partial charge in [-0.25, -0.2) is 4.39 Å². The summed E-state index contributed by atoms with van der Waals surface area (Å²) in [5.74, 6) is -0.0699. The van der Waals surface area contributed by atoms with E-state index < -0.39 is 0 Å². The van der Waals surface area contributed by atoms with Crippen molar-refractivity contribution in [2.24, 2.45) is 5.73 Å². The molecule has 1 aliphatic carbocycles. The molecule has 0 unspecified atom stereocenters. The Morgan fingerprint density at radius 3 is 2.81 bits per heavy atom. The second kappa shape index (κ2) is 5.84. The second-order valence-corrected chi connectivity index (χ2v) is 5.39. The predicted octanol–water partition coefficient (Wildman–Crippen LogP) is 2.55. The number of hydrogen-bond acceptors (Lipinski definition) is 3. The molecule has 2 atom stereocenters. The molecule has 4 heteroatoms. The molecular formula is C17H19FN2O. The lowest BCUT2D eigenvalue weighted by Gasteiger charge is -2.18. The summed E-state index contributed by atoms with van der Waals surface area (Å²) >= 11 is 0. The van der Waals surface area contributed by atoms with Crippen LogP contribution < -0.4 is 15.8 Å². The zero-order valence-corrected chi connectivity index (χ0v) is 12.0. The van der Waals surface area contributed by atoms with Crippen LogP contribution in [0.1, 0.15) is 22.7 Å². The molecule has 0 saturated heterocycles. The Labute approximate surface area is 123 Å². The minimum atomic E-state index is -0.337. The molecule has 0 amide bonds. The van der Waals surface area contributed by atoms with Crippen molar-refractivity contribution >= 4 is 0 Å². The van der Waals surface area contributed by atoms with E-state index in [-0.39, 0.29) is 23.7 Å². The van der Waals surface area contributed by atoms with Crippen LogP contribution in [0.25, 0.3) is 0 Å². The van der Waals surface area contributed by atoms with Crippen LogP contribution >= 0.6 is 0 Å². The highest BCUT2D eigenvalue weighted by atomic mass is 19.1. The minimum Gasteiger partial charge on any atom is -0.494 e. The lowest BCUT2D eigenvalue weighted by atomic mass is 10.1. The summed E-state index contributed by atoms with van der Waals surface area (Å²) < 4.78 is 18.6. The number of halogens is 1. The first-order valence-corrected chi connectivity index (χ1v) is 7.08. The van der Waals surface area contributed by atoms with E-state index in [1.807, 2.05) is 18.2 Å². The maximum Gasteiger partial charge on any atom is 0.165 e. The Bertz CT molecular complexity index is 644. The topological polar surface area (TPSA) is 47.3 Å². The lowest BCUT2D eigenvalue weighted by Crippen LogP contribution is -2.36. The number of methoxy groups -OCH3 is 1. The van der Waals surface area contributed by atoms with E-state index in [4.69, 9.17) is 10.5 Å².